The Hall–Kier alpha value is -4.32. The first kappa shape index (κ1) is 23.8. The van der Waals surface area contributed by atoms with Crippen molar-refractivity contribution in [2.45, 2.75) is 45.8 Å². The molecule has 0 spiro atoms. The lowest BCUT2D eigenvalue weighted by atomic mass is 9.99. The molecule has 1 aromatic heterocycles. The van der Waals surface area contributed by atoms with Gasteiger partial charge in [0, 0.05) is 23.5 Å². The van der Waals surface area contributed by atoms with Crippen molar-refractivity contribution in [2.75, 3.05) is 10.6 Å². The maximum atomic E-state index is 12.5. The van der Waals surface area contributed by atoms with Crippen molar-refractivity contribution in [3.63, 3.8) is 0 Å². The Morgan fingerprint density at radius 2 is 1.97 bits per heavy atom. The van der Waals surface area contributed by atoms with Crippen LogP contribution in [0.4, 0.5) is 21.0 Å². The first-order valence-corrected chi connectivity index (χ1v) is 11.4. The summed E-state index contributed by atoms with van der Waals surface area (Å²) in [6, 6.07) is 14.6. The number of nitriles is 1. The molecule has 0 aliphatic heterocycles. The van der Waals surface area contributed by atoms with Crippen LogP contribution in [0, 0.1) is 23.7 Å². The third-order valence-corrected chi connectivity index (χ3v) is 6.05. The highest BCUT2D eigenvalue weighted by molar-refractivity contribution is 6.00. The minimum atomic E-state index is -0.557. The van der Waals surface area contributed by atoms with E-state index in [4.69, 9.17) is 9.15 Å². The second kappa shape index (κ2) is 10.3. The van der Waals surface area contributed by atoms with Gasteiger partial charge in [-0.2, -0.15) is 5.26 Å². The van der Waals surface area contributed by atoms with Crippen LogP contribution < -0.4 is 16.0 Å². The lowest BCUT2D eigenvalue weighted by molar-refractivity contribution is 0.0658. The van der Waals surface area contributed by atoms with Gasteiger partial charge >= 0.3 is 12.1 Å². The van der Waals surface area contributed by atoms with Crippen molar-refractivity contribution in [2.24, 2.45) is 5.41 Å². The molecule has 0 radical (unpaired) electrons. The lowest BCUT2D eigenvalue weighted by Gasteiger charge is -2.20. The van der Waals surface area contributed by atoms with Crippen molar-refractivity contribution in [3.05, 3.63) is 66.2 Å². The van der Waals surface area contributed by atoms with Gasteiger partial charge in [0.15, 0.2) is 12.2 Å². The summed E-state index contributed by atoms with van der Waals surface area (Å²) in [4.78, 5) is 28.7. The molecule has 3 amide bonds. The van der Waals surface area contributed by atoms with E-state index in [1.165, 1.54) is 6.39 Å². The van der Waals surface area contributed by atoms with E-state index in [9.17, 15) is 14.9 Å². The summed E-state index contributed by atoms with van der Waals surface area (Å²) < 4.78 is 10.8. The molecule has 0 bridgehead atoms. The molecule has 1 atom stereocenters. The maximum Gasteiger partial charge on any atom is 0.407 e. The number of oxazole rings is 1. The number of nitrogens with zero attached hydrogens (tertiary/aromatic N) is 2. The molecule has 1 saturated carbocycles. The van der Waals surface area contributed by atoms with Crippen LogP contribution in [0.3, 0.4) is 0 Å². The number of hydrogen-bond acceptors (Lipinski definition) is 6. The zero-order valence-electron chi connectivity index (χ0n) is 19.6. The highest BCUT2D eigenvalue weighted by atomic mass is 16.6. The summed E-state index contributed by atoms with van der Waals surface area (Å²) in [5.74, 6) is 0.662. The number of rotatable bonds is 8. The molecule has 1 aliphatic rings. The summed E-state index contributed by atoms with van der Waals surface area (Å²) in [6.45, 7) is 4.06. The SMILES string of the molecule is CCC(OC(=O)NCc1cccc(NC(=O)Nc2ccc(-c3cnco3)c(C)c2)c1)C1(C#N)CC1. The van der Waals surface area contributed by atoms with Gasteiger partial charge in [0.05, 0.1) is 17.7 Å². The van der Waals surface area contributed by atoms with Crippen LogP contribution in [0.5, 0.6) is 0 Å². The number of hydrogen-bond donors (Lipinski definition) is 3. The van der Waals surface area contributed by atoms with E-state index in [2.05, 4.69) is 27.0 Å². The van der Waals surface area contributed by atoms with Crippen molar-refractivity contribution >= 4 is 23.5 Å². The van der Waals surface area contributed by atoms with E-state index >= 15 is 0 Å². The number of urea groups is 1. The summed E-state index contributed by atoms with van der Waals surface area (Å²) in [5, 5.41) is 17.7. The van der Waals surface area contributed by atoms with Gasteiger partial charge in [-0.1, -0.05) is 19.1 Å². The van der Waals surface area contributed by atoms with Crippen LogP contribution in [0.1, 0.15) is 37.3 Å². The Balaban J connectivity index is 1.29. The molecule has 1 fully saturated rings. The van der Waals surface area contributed by atoms with Crippen LogP contribution in [0.15, 0.2) is 59.5 Å². The normalized spacial score (nSPS) is 14.3. The second-order valence-corrected chi connectivity index (χ2v) is 8.60. The molecule has 180 valence electrons. The van der Waals surface area contributed by atoms with E-state index in [0.717, 1.165) is 29.5 Å². The Morgan fingerprint density at radius 3 is 2.60 bits per heavy atom. The number of carbonyl (C=O) groups is 2. The average Bonchev–Trinajstić information content (AvgIpc) is 3.46. The third-order valence-electron chi connectivity index (χ3n) is 6.05. The largest absolute Gasteiger partial charge is 0.445 e. The highest BCUT2D eigenvalue weighted by Crippen LogP contribution is 2.50. The quantitative estimate of drug-likeness (QED) is 0.390. The number of amides is 3. The molecular weight excluding hydrogens is 446 g/mol. The molecule has 1 aliphatic carbocycles. The molecule has 35 heavy (non-hydrogen) atoms. The van der Waals surface area contributed by atoms with Gasteiger partial charge in [0.25, 0.3) is 0 Å². The Labute approximate surface area is 203 Å². The maximum absolute atomic E-state index is 12.5. The number of carbonyl (C=O) groups excluding carboxylic acids is 2. The van der Waals surface area contributed by atoms with Gasteiger partial charge in [-0.3, -0.25) is 0 Å². The number of nitrogens with one attached hydrogen (secondary N) is 3. The van der Waals surface area contributed by atoms with Crippen LogP contribution >= 0.6 is 0 Å². The summed E-state index contributed by atoms with van der Waals surface area (Å²) in [5.41, 5.74) is 3.32. The molecule has 9 heteroatoms. The van der Waals surface area contributed by atoms with Crippen molar-refractivity contribution in [1.29, 1.82) is 5.26 Å². The van der Waals surface area contributed by atoms with E-state index < -0.39 is 23.6 Å². The number of aryl methyl sites for hydroxylation is 1. The summed E-state index contributed by atoms with van der Waals surface area (Å²) in [7, 11) is 0. The van der Waals surface area contributed by atoms with Gasteiger partial charge in [-0.05, 0) is 67.6 Å². The molecule has 1 heterocycles. The van der Waals surface area contributed by atoms with Crippen molar-refractivity contribution in [3.8, 4) is 17.4 Å². The van der Waals surface area contributed by atoms with E-state index in [1.54, 1.807) is 30.5 Å². The Morgan fingerprint density at radius 1 is 1.20 bits per heavy atom. The zero-order chi connectivity index (χ0) is 24.8. The highest BCUT2D eigenvalue weighted by Gasteiger charge is 2.51. The molecule has 4 rings (SSSR count). The van der Waals surface area contributed by atoms with Gasteiger partial charge in [0.2, 0.25) is 0 Å². The fourth-order valence-electron chi connectivity index (χ4n) is 3.99. The first-order valence-electron chi connectivity index (χ1n) is 11.4. The minimum absolute atomic E-state index is 0.230. The number of aromatic nitrogens is 1. The number of alkyl carbamates (subject to hydrolysis) is 1. The topological polar surface area (TPSA) is 129 Å². The van der Waals surface area contributed by atoms with Gasteiger partial charge in [-0.15, -0.1) is 0 Å². The van der Waals surface area contributed by atoms with Crippen LogP contribution in [0.2, 0.25) is 0 Å². The van der Waals surface area contributed by atoms with Gasteiger partial charge in [0.1, 0.15) is 6.10 Å². The Kier molecular flexibility index (Phi) is 7.01. The standard InChI is InChI=1S/C26H27N5O4/c1-3-23(26(15-27)9-10-26)35-25(33)29-13-18-5-4-6-19(12-18)30-24(32)31-20-7-8-21(17(2)11-20)22-14-28-16-34-22/h4-8,11-12,14,16,23H,3,9-10,13H2,1-2H3,(H,29,33)(H2,30,31,32). The molecule has 2 aromatic carbocycles. The van der Waals surface area contributed by atoms with E-state index in [-0.39, 0.29) is 6.54 Å². The molecule has 0 saturated heterocycles. The first-order chi connectivity index (χ1) is 16.9. The van der Waals surface area contributed by atoms with Crippen LogP contribution in [-0.4, -0.2) is 23.2 Å². The average molecular weight is 474 g/mol. The third kappa shape index (κ3) is 5.79. The predicted molar refractivity (Wildman–Crippen MR) is 130 cm³/mol. The molecule has 3 N–H and O–H groups in total. The van der Waals surface area contributed by atoms with E-state index in [0.29, 0.717) is 23.6 Å². The fourth-order valence-corrected chi connectivity index (χ4v) is 3.99. The summed E-state index contributed by atoms with van der Waals surface area (Å²) in [6.07, 6.45) is 4.17. The number of anilines is 2. The van der Waals surface area contributed by atoms with Crippen molar-refractivity contribution < 1.29 is 18.7 Å². The van der Waals surface area contributed by atoms with Crippen LogP contribution in [0.25, 0.3) is 11.3 Å². The smallest absolute Gasteiger partial charge is 0.407 e. The fraction of sp³-hybridized carbons (Fsp3) is 0.308. The predicted octanol–water partition coefficient (Wildman–Crippen LogP) is 5.60. The molecule has 1 unspecified atom stereocenters. The molecule has 3 aromatic rings. The van der Waals surface area contributed by atoms with Crippen LogP contribution in [-0.2, 0) is 11.3 Å². The molecular formula is C26H27N5O4. The zero-order valence-corrected chi connectivity index (χ0v) is 19.6. The Bertz CT molecular complexity index is 1240. The van der Waals surface area contributed by atoms with E-state index in [1.807, 2.05) is 32.0 Å². The van der Waals surface area contributed by atoms with Crippen molar-refractivity contribution in [1.82, 2.24) is 10.3 Å². The monoisotopic (exact) mass is 473 g/mol. The number of ether oxygens (including phenoxy) is 1. The summed E-state index contributed by atoms with van der Waals surface area (Å²) >= 11 is 0. The number of benzene rings is 2. The second-order valence-electron chi connectivity index (χ2n) is 8.60. The van der Waals surface area contributed by atoms with Gasteiger partial charge in [-0.25, -0.2) is 14.6 Å². The minimum Gasteiger partial charge on any atom is -0.445 e. The molecule has 9 nitrogen and oxygen atoms in total. The lowest BCUT2D eigenvalue weighted by Crippen LogP contribution is -2.33. The van der Waals surface area contributed by atoms with Gasteiger partial charge < -0.3 is 25.1 Å².